The lowest BCUT2D eigenvalue weighted by Gasteiger charge is -2.29. The normalized spacial score (nSPS) is 19.8. The van der Waals surface area contributed by atoms with Crippen LogP contribution in [-0.4, -0.2) is 5.11 Å². The number of hydrogen-bond acceptors (Lipinski definition) is 3. The van der Waals surface area contributed by atoms with Crippen molar-refractivity contribution >= 4 is 0 Å². The Labute approximate surface area is 174 Å². The third kappa shape index (κ3) is 4.76. The molecule has 0 bridgehead atoms. The highest BCUT2D eigenvalue weighted by Gasteiger charge is 2.37. The molecule has 1 aromatic heterocycles. The lowest BCUT2D eigenvalue weighted by molar-refractivity contribution is 0.226. The lowest BCUT2D eigenvalue weighted by atomic mass is 9.77. The zero-order valence-corrected chi connectivity index (χ0v) is 17.6. The predicted octanol–water partition coefficient (Wildman–Crippen LogP) is 6.43. The van der Waals surface area contributed by atoms with Crippen molar-refractivity contribution in [2.24, 2.45) is 17.8 Å². The first-order valence-electron chi connectivity index (χ1n) is 11.6. The number of rotatable bonds is 8. The average molecular weight is 395 g/mol. The van der Waals surface area contributed by atoms with E-state index in [0.717, 1.165) is 37.2 Å². The molecule has 29 heavy (non-hydrogen) atoms. The van der Waals surface area contributed by atoms with Gasteiger partial charge in [-0.3, -0.25) is 0 Å². The average Bonchev–Trinajstić information content (AvgIpc) is 3.57. The van der Waals surface area contributed by atoms with Gasteiger partial charge in [0.1, 0.15) is 11.5 Å². The highest BCUT2D eigenvalue weighted by Crippen LogP contribution is 2.47. The largest absolute Gasteiger partial charge is 0.507 e. The second-order valence-electron chi connectivity index (χ2n) is 9.13. The highest BCUT2D eigenvalue weighted by atomic mass is 16.4. The molecule has 2 aliphatic rings. The van der Waals surface area contributed by atoms with Crippen molar-refractivity contribution in [2.75, 3.05) is 0 Å². The van der Waals surface area contributed by atoms with Gasteiger partial charge in [0, 0.05) is 18.4 Å². The maximum absolute atomic E-state index is 12.9. The Morgan fingerprint density at radius 1 is 1.03 bits per heavy atom. The van der Waals surface area contributed by atoms with Gasteiger partial charge in [0.05, 0.1) is 5.56 Å². The van der Waals surface area contributed by atoms with E-state index in [0.29, 0.717) is 23.2 Å². The molecule has 1 aromatic carbocycles. The second-order valence-corrected chi connectivity index (χ2v) is 9.13. The Balaban J connectivity index is 1.51. The summed E-state index contributed by atoms with van der Waals surface area (Å²) in [5, 5.41) is 10.8. The summed E-state index contributed by atoms with van der Waals surface area (Å²) in [6, 6.07) is 11.8. The Morgan fingerprint density at radius 3 is 2.38 bits per heavy atom. The topological polar surface area (TPSA) is 50.4 Å². The maximum atomic E-state index is 12.9. The molecule has 0 saturated heterocycles. The van der Waals surface area contributed by atoms with E-state index in [1.54, 1.807) is 6.07 Å². The zero-order chi connectivity index (χ0) is 20.2. The van der Waals surface area contributed by atoms with Gasteiger partial charge < -0.3 is 9.52 Å². The Bertz CT molecular complexity index is 844. The first-order chi connectivity index (χ1) is 14.2. The number of benzene rings is 1. The van der Waals surface area contributed by atoms with E-state index >= 15 is 0 Å². The van der Waals surface area contributed by atoms with Crippen LogP contribution >= 0.6 is 0 Å². The Kier molecular flexibility index (Phi) is 6.42. The highest BCUT2D eigenvalue weighted by molar-refractivity contribution is 5.41. The molecule has 2 aliphatic carbocycles. The van der Waals surface area contributed by atoms with Crippen molar-refractivity contribution in [3.8, 4) is 5.75 Å². The van der Waals surface area contributed by atoms with Gasteiger partial charge in [-0.25, -0.2) is 4.79 Å². The molecule has 1 N–H and O–H groups in total. The molecule has 2 fully saturated rings. The van der Waals surface area contributed by atoms with Gasteiger partial charge in [0.15, 0.2) is 0 Å². The van der Waals surface area contributed by atoms with E-state index < -0.39 is 0 Å². The Hall–Kier alpha value is -2.03. The van der Waals surface area contributed by atoms with Crippen LogP contribution in [-0.2, 0) is 6.42 Å². The van der Waals surface area contributed by atoms with Gasteiger partial charge in [0.25, 0.3) is 0 Å². The fourth-order valence-electron chi connectivity index (χ4n) is 5.42. The molecule has 3 heteroatoms. The van der Waals surface area contributed by atoms with Crippen LogP contribution in [0.2, 0.25) is 0 Å². The maximum Gasteiger partial charge on any atom is 0.343 e. The van der Waals surface area contributed by atoms with Crippen molar-refractivity contribution in [3.05, 3.63) is 63.7 Å². The third-order valence-corrected chi connectivity index (χ3v) is 7.18. The number of hydrogen-bond donors (Lipinski definition) is 1. The van der Waals surface area contributed by atoms with Crippen LogP contribution in [0.4, 0.5) is 0 Å². The van der Waals surface area contributed by atoms with Gasteiger partial charge in [0.2, 0.25) is 0 Å². The molecule has 0 spiro atoms. The van der Waals surface area contributed by atoms with Crippen LogP contribution in [0.1, 0.15) is 87.5 Å². The summed E-state index contributed by atoms with van der Waals surface area (Å²) < 4.78 is 5.74. The van der Waals surface area contributed by atoms with Crippen LogP contribution in [0.25, 0.3) is 0 Å². The number of aryl methyl sites for hydroxylation is 1. The SMILES string of the molecule is CCC(CCc1cc(O)c(C(c2ccccc2)C2CC2)c(=O)o1)C1CCCCC1. The van der Waals surface area contributed by atoms with Crippen molar-refractivity contribution in [1.29, 1.82) is 0 Å². The van der Waals surface area contributed by atoms with E-state index in [1.165, 1.54) is 38.5 Å². The van der Waals surface area contributed by atoms with Gasteiger partial charge in [-0.2, -0.15) is 0 Å². The van der Waals surface area contributed by atoms with Gasteiger partial charge >= 0.3 is 5.63 Å². The molecular weight excluding hydrogens is 360 g/mol. The molecule has 0 aliphatic heterocycles. The molecular formula is C26H34O3. The van der Waals surface area contributed by atoms with Crippen LogP contribution in [0.5, 0.6) is 5.75 Å². The van der Waals surface area contributed by atoms with Crippen molar-refractivity contribution in [1.82, 2.24) is 0 Å². The molecule has 0 radical (unpaired) electrons. The smallest absolute Gasteiger partial charge is 0.343 e. The summed E-state index contributed by atoms with van der Waals surface area (Å²) in [7, 11) is 0. The third-order valence-electron chi connectivity index (χ3n) is 7.18. The summed E-state index contributed by atoms with van der Waals surface area (Å²) in [5.41, 5.74) is 1.18. The molecule has 3 nitrogen and oxygen atoms in total. The predicted molar refractivity (Wildman–Crippen MR) is 116 cm³/mol. The van der Waals surface area contributed by atoms with E-state index in [2.05, 4.69) is 6.92 Å². The van der Waals surface area contributed by atoms with E-state index in [-0.39, 0.29) is 17.3 Å². The molecule has 2 unspecified atom stereocenters. The van der Waals surface area contributed by atoms with Crippen LogP contribution in [0, 0.1) is 17.8 Å². The standard InChI is InChI=1S/C26H34O3/c1-2-18(19-9-5-3-6-10-19)15-16-22-17-23(27)25(26(28)29-22)24(21-13-14-21)20-11-7-4-8-12-20/h4,7-8,11-12,17-19,21,24,27H,2-3,5-6,9-10,13-16H2,1H3. The van der Waals surface area contributed by atoms with Gasteiger partial charge in [-0.15, -0.1) is 0 Å². The lowest BCUT2D eigenvalue weighted by Crippen LogP contribution is -2.19. The van der Waals surface area contributed by atoms with E-state index in [9.17, 15) is 9.90 Å². The molecule has 2 atom stereocenters. The van der Waals surface area contributed by atoms with Crippen LogP contribution < -0.4 is 5.63 Å². The Morgan fingerprint density at radius 2 is 1.76 bits per heavy atom. The van der Waals surface area contributed by atoms with Gasteiger partial charge in [-0.1, -0.05) is 75.8 Å². The second kappa shape index (κ2) is 9.19. The molecule has 4 rings (SSSR count). The molecule has 0 amide bonds. The van der Waals surface area contributed by atoms with Gasteiger partial charge in [-0.05, 0) is 42.6 Å². The molecule has 2 aromatic rings. The summed E-state index contributed by atoms with van der Waals surface area (Å²) >= 11 is 0. The molecule has 1 heterocycles. The monoisotopic (exact) mass is 394 g/mol. The van der Waals surface area contributed by atoms with Crippen molar-refractivity contribution in [2.45, 2.75) is 77.0 Å². The minimum atomic E-state index is -0.355. The number of aromatic hydroxyl groups is 1. The summed E-state index contributed by atoms with van der Waals surface area (Å²) in [6.07, 6.45) is 11.9. The van der Waals surface area contributed by atoms with Crippen LogP contribution in [0.15, 0.2) is 45.6 Å². The first-order valence-corrected chi connectivity index (χ1v) is 11.6. The zero-order valence-electron chi connectivity index (χ0n) is 17.6. The summed E-state index contributed by atoms with van der Waals surface area (Å²) in [6.45, 7) is 2.27. The summed E-state index contributed by atoms with van der Waals surface area (Å²) in [5.74, 6) is 2.60. The van der Waals surface area contributed by atoms with Crippen molar-refractivity contribution in [3.63, 3.8) is 0 Å². The molecule has 156 valence electrons. The van der Waals surface area contributed by atoms with Crippen molar-refractivity contribution < 1.29 is 9.52 Å². The quantitative estimate of drug-likeness (QED) is 0.561. The fourth-order valence-corrected chi connectivity index (χ4v) is 5.42. The fraction of sp³-hybridized carbons (Fsp3) is 0.577. The summed E-state index contributed by atoms with van der Waals surface area (Å²) in [4.78, 5) is 12.9. The van der Waals surface area contributed by atoms with Crippen LogP contribution in [0.3, 0.4) is 0 Å². The minimum Gasteiger partial charge on any atom is -0.507 e. The minimum absolute atomic E-state index is 0.0628. The van der Waals surface area contributed by atoms with E-state index in [4.69, 9.17) is 4.42 Å². The molecule has 2 saturated carbocycles. The van der Waals surface area contributed by atoms with E-state index in [1.807, 2.05) is 30.3 Å². The first kappa shape index (κ1) is 20.3.